The predicted octanol–water partition coefficient (Wildman–Crippen LogP) is 0.0775. The van der Waals surface area contributed by atoms with E-state index in [1.807, 2.05) is 0 Å². The SMILES string of the molecule is C/C(=C/C(=O)O)[P+](=O)[O-]. The van der Waals surface area contributed by atoms with Crippen molar-refractivity contribution in [2.45, 2.75) is 6.92 Å². The van der Waals surface area contributed by atoms with E-state index in [1.54, 1.807) is 0 Å². The molecule has 0 amide bonds. The van der Waals surface area contributed by atoms with Gasteiger partial charge in [-0.2, -0.15) is 0 Å². The van der Waals surface area contributed by atoms with E-state index in [0.717, 1.165) is 0 Å². The Hall–Kier alpha value is -0.730. The molecule has 0 aliphatic rings. The monoisotopic (exact) mass is 148 g/mol. The van der Waals surface area contributed by atoms with Gasteiger partial charge in [0.15, 0.2) is 5.31 Å². The summed E-state index contributed by atoms with van der Waals surface area (Å²) in [6.07, 6.45) is 0.645. The van der Waals surface area contributed by atoms with Crippen LogP contribution in [0.15, 0.2) is 11.4 Å². The summed E-state index contributed by atoms with van der Waals surface area (Å²) in [6.45, 7) is 1.22. The first kappa shape index (κ1) is 8.27. The Bertz CT molecular complexity index is 171. The number of hydrogen-bond donors (Lipinski definition) is 1. The van der Waals surface area contributed by atoms with Crippen molar-refractivity contribution in [2.24, 2.45) is 0 Å². The molecule has 5 heteroatoms. The quantitative estimate of drug-likeness (QED) is 0.444. The molecule has 0 fully saturated rings. The van der Waals surface area contributed by atoms with Gasteiger partial charge in [-0.1, -0.05) is 4.57 Å². The van der Waals surface area contributed by atoms with Gasteiger partial charge in [-0.15, -0.1) is 0 Å². The van der Waals surface area contributed by atoms with Gasteiger partial charge in [0.25, 0.3) is 0 Å². The molecule has 0 saturated heterocycles. The van der Waals surface area contributed by atoms with Crippen LogP contribution in [-0.4, -0.2) is 11.1 Å². The summed E-state index contributed by atoms with van der Waals surface area (Å²) in [6, 6.07) is 0. The van der Waals surface area contributed by atoms with Gasteiger partial charge in [0.05, 0.1) is 6.08 Å². The highest BCUT2D eigenvalue weighted by Gasteiger charge is 2.05. The maximum atomic E-state index is 9.94. The zero-order chi connectivity index (χ0) is 7.44. The first-order valence-corrected chi connectivity index (χ1v) is 3.27. The summed E-state index contributed by atoms with van der Waals surface area (Å²) in [7, 11) is -2.71. The number of carbonyl (C=O) groups is 1. The summed E-state index contributed by atoms with van der Waals surface area (Å²) >= 11 is 0. The third-order valence-electron chi connectivity index (χ3n) is 0.620. The van der Waals surface area contributed by atoms with Crippen molar-refractivity contribution < 1.29 is 19.4 Å². The highest BCUT2D eigenvalue weighted by molar-refractivity contribution is 7.41. The topological polar surface area (TPSA) is 77.4 Å². The third kappa shape index (κ3) is 3.82. The van der Waals surface area contributed by atoms with E-state index in [-0.39, 0.29) is 5.31 Å². The van der Waals surface area contributed by atoms with Crippen LogP contribution in [0.1, 0.15) is 6.92 Å². The van der Waals surface area contributed by atoms with E-state index in [0.29, 0.717) is 6.08 Å². The predicted molar refractivity (Wildman–Crippen MR) is 29.0 cm³/mol. The summed E-state index contributed by atoms with van der Waals surface area (Å²) in [5, 5.41) is 7.85. The molecule has 0 aliphatic carbocycles. The van der Waals surface area contributed by atoms with E-state index in [4.69, 9.17) is 5.11 Å². The second-order valence-electron chi connectivity index (χ2n) is 1.38. The third-order valence-corrected chi connectivity index (χ3v) is 1.33. The summed E-state index contributed by atoms with van der Waals surface area (Å²) in [5.41, 5.74) is 0. The fourth-order valence-electron chi connectivity index (χ4n) is 0.231. The molecule has 0 rings (SSSR count). The molecule has 1 unspecified atom stereocenters. The van der Waals surface area contributed by atoms with Crippen molar-refractivity contribution in [2.75, 3.05) is 0 Å². The maximum Gasteiger partial charge on any atom is 0.344 e. The first-order chi connectivity index (χ1) is 4.04. The van der Waals surface area contributed by atoms with E-state index >= 15 is 0 Å². The van der Waals surface area contributed by atoms with Crippen molar-refractivity contribution in [1.82, 2.24) is 0 Å². The summed E-state index contributed by atoms with van der Waals surface area (Å²) < 4.78 is 9.94. The van der Waals surface area contributed by atoms with Gasteiger partial charge in [0.1, 0.15) is 0 Å². The number of allylic oxidation sites excluding steroid dienone is 1. The minimum Gasteiger partial charge on any atom is -0.591 e. The van der Waals surface area contributed by atoms with Crippen molar-refractivity contribution in [1.29, 1.82) is 0 Å². The van der Waals surface area contributed by atoms with E-state index in [1.165, 1.54) is 6.92 Å². The summed E-state index contributed by atoms with van der Waals surface area (Å²) in [4.78, 5) is 19.7. The number of carboxylic acids is 1. The standard InChI is InChI=1S/C4H5O4P/c1-3(9(7)8)2-4(5)6/h2H,1H3,(H,5,6)/b3-2-. The van der Waals surface area contributed by atoms with Crippen molar-refractivity contribution in [3.63, 3.8) is 0 Å². The van der Waals surface area contributed by atoms with Crippen LogP contribution < -0.4 is 4.89 Å². The van der Waals surface area contributed by atoms with Gasteiger partial charge in [-0.25, -0.2) is 4.79 Å². The second kappa shape index (κ2) is 3.33. The molecule has 9 heavy (non-hydrogen) atoms. The van der Waals surface area contributed by atoms with Crippen LogP contribution >= 0.6 is 8.03 Å². The Labute approximate surface area is 52.7 Å². The average Bonchev–Trinajstić information content (AvgIpc) is 1.63. The lowest BCUT2D eigenvalue weighted by atomic mass is 10.5. The molecule has 0 aromatic heterocycles. The highest BCUT2D eigenvalue weighted by atomic mass is 31.1. The van der Waals surface area contributed by atoms with Crippen LogP contribution in [0.5, 0.6) is 0 Å². The number of rotatable bonds is 2. The lowest BCUT2D eigenvalue weighted by Gasteiger charge is -1.82. The zero-order valence-corrected chi connectivity index (χ0v) is 5.59. The molecule has 0 aromatic rings. The second-order valence-corrected chi connectivity index (χ2v) is 2.60. The van der Waals surface area contributed by atoms with Gasteiger partial charge >= 0.3 is 14.0 Å². The Morgan fingerprint density at radius 3 is 2.33 bits per heavy atom. The molecule has 0 saturated carbocycles. The van der Waals surface area contributed by atoms with Gasteiger partial charge in [-0.3, -0.25) is 0 Å². The van der Waals surface area contributed by atoms with Gasteiger partial charge in [-0.05, 0) is 0 Å². The Kier molecular flexibility index (Phi) is 3.06. The van der Waals surface area contributed by atoms with Crippen molar-refractivity contribution in [3.8, 4) is 0 Å². The van der Waals surface area contributed by atoms with Gasteiger partial charge < -0.3 is 10.00 Å². The van der Waals surface area contributed by atoms with Crippen LogP contribution in [-0.2, 0) is 9.36 Å². The molecule has 0 spiro atoms. The van der Waals surface area contributed by atoms with Crippen molar-refractivity contribution in [3.05, 3.63) is 11.4 Å². The van der Waals surface area contributed by atoms with Gasteiger partial charge in [0, 0.05) is 6.92 Å². The van der Waals surface area contributed by atoms with E-state index < -0.39 is 14.0 Å². The van der Waals surface area contributed by atoms with Gasteiger partial charge in [0.2, 0.25) is 0 Å². The Morgan fingerprint density at radius 1 is 1.78 bits per heavy atom. The Balaban J connectivity index is 4.17. The lowest BCUT2D eigenvalue weighted by Crippen LogP contribution is -1.92. The summed E-state index contributed by atoms with van der Waals surface area (Å²) in [5.74, 6) is -1.24. The van der Waals surface area contributed by atoms with Crippen molar-refractivity contribution >= 4 is 14.0 Å². The molecule has 0 radical (unpaired) electrons. The molecule has 0 bridgehead atoms. The molecular formula is C4H5O4P. The smallest absolute Gasteiger partial charge is 0.344 e. The Morgan fingerprint density at radius 2 is 2.22 bits per heavy atom. The minimum absolute atomic E-state index is 0.141. The largest absolute Gasteiger partial charge is 0.591 e. The number of hydrogen-bond acceptors (Lipinski definition) is 3. The zero-order valence-electron chi connectivity index (χ0n) is 4.70. The molecule has 1 atom stereocenters. The molecule has 50 valence electrons. The lowest BCUT2D eigenvalue weighted by molar-refractivity contribution is -0.162. The average molecular weight is 148 g/mol. The van der Waals surface area contributed by atoms with E-state index in [9.17, 15) is 14.3 Å². The fraction of sp³-hybridized carbons (Fsp3) is 0.250. The van der Waals surface area contributed by atoms with Crippen LogP contribution in [0.25, 0.3) is 0 Å². The molecule has 4 nitrogen and oxygen atoms in total. The normalized spacial score (nSPS) is 13.1. The number of carboxylic acid groups (broad SMARTS) is 1. The molecule has 0 heterocycles. The van der Waals surface area contributed by atoms with Crippen LogP contribution in [0.4, 0.5) is 0 Å². The van der Waals surface area contributed by atoms with E-state index in [2.05, 4.69) is 0 Å². The fourth-order valence-corrected chi connectivity index (χ4v) is 0.447. The molecule has 0 aliphatic heterocycles. The van der Waals surface area contributed by atoms with Crippen LogP contribution in [0.3, 0.4) is 0 Å². The molecular weight excluding hydrogens is 143 g/mol. The van der Waals surface area contributed by atoms with Crippen LogP contribution in [0, 0.1) is 0 Å². The van der Waals surface area contributed by atoms with Crippen LogP contribution in [0.2, 0.25) is 0 Å². The first-order valence-electron chi connectivity index (χ1n) is 2.09. The minimum atomic E-state index is -2.71. The maximum absolute atomic E-state index is 9.94. The number of aliphatic carboxylic acids is 1. The highest BCUT2D eigenvalue weighted by Crippen LogP contribution is 2.20. The molecule has 1 N–H and O–H groups in total. The molecule has 0 aromatic carbocycles.